The summed E-state index contributed by atoms with van der Waals surface area (Å²) in [6.07, 6.45) is 0.276. The molecule has 2 amide bonds. The van der Waals surface area contributed by atoms with Gasteiger partial charge in [-0.3, -0.25) is 14.5 Å². The summed E-state index contributed by atoms with van der Waals surface area (Å²) in [7, 11) is 3.86. The lowest BCUT2D eigenvalue weighted by Crippen LogP contribution is -2.45. The predicted molar refractivity (Wildman–Crippen MR) is 89.9 cm³/mol. The number of halogens is 1. The first-order valence-corrected chi connectivity index (χ1v) is 7.98. The lowest BCUT2D eigenvalue weighted by Gasteiger charge is -2.29. The van der Waals surface area contributed by atoms with Gasteiger partial charge in [-0.15, -0.1) is 0 Å². The zero-order valence-corrected chi connectivity index (χ0v) is 14.2. The molecule has 0 saturated heterocycles. The van der Waals surface area contributed by atoms with Crippen molar-refractivity contribution in [3.8, 4) is 0 Å². The number of carbonyl (C=O) groups excluding carboxylic acids is 2. The van der Waals surface area contributed by atoms with Gasteiger partial charge in [-0.1, -0.05) is 40.2 Å². The van der Waals surface area contributed by atoms with Crippen LogP contribution in [0.1, 0.15) is 15.9 Å². The molecule has 3 rings (SSSR count). The number of rotatable bonds is 3. The minimum Gasteiger partial charge on any atom is -0.308 e. The van der Waals surface area contributed by atoms with E-state index in [0.29, 0.717) is 18.7 Å². The molecule has 1 aliphatic rings. The van der Waals surface area contributed by atoms with Crippen molar-refractivity contribution in [2.24, 2.45) is 0 Å². The van der Waals surface area contributed by atoms with Crippen LogP contribution in [0.2, 0.25) is 0 Å². The van der Waals surface area contributed by atoms with Gasteiger partial charge in [-0.2, -0.15) is 0 Å². The molecule has 5 heteroatoms. The fraction of sp³-hybridized carbons (Fsp3) is 0.294. The Labute approximate surface area is 137 Å². The highest BCUT2D eigenvalue weighted by atomic mass is 79.9. The van der Waals surface area contributed by atoms with Crippen LogP contribution < -0.4 is 0 Å². The third-order valence-corrected chi connectivity index (χ3v) is 4.60. The van der Waals surface area contributed by atoms with Crippen LogP contribution in [0.4, 0.5) is 0 Å². The van der Waals surface area contributed by atoms with E-state index in [1.54, 1.807) is 0 Å². The summed E-state index contributed by atoms with van der Waals surface area (Å²) in [5.41, 5.74) is 1.47. The second-order valence-corrected chi connectivity index (χ2v) is 6.62. The van der Waals surface area contributed by atoms with Crippen LogP contribution in [-0.2, 0) is 11.2 Å². The number of amides is 2. The molecular formula is C17H17BrN2O2. The van der Waals surface area contributed by atoms with E-state index in [-0.39, 0.29) is 18.2 Å². The highest BCUT2D eigenvalue weighted by Gasteiger charge is 2.32. The first-order chi connectivity index (χ1) is 10.5. The Hall–Kier alpha value is -1.72. The molecule has 2 aromatic carbocycles. The minimum atomic E-state index is -0.184. The Bertz CT molecular complexity index is 771. The quantitative estimate of drug-likeness (QED) is 0.790. The van der Waals surface area contributed by atoms with Gasteiger partial charge in [0.05, 0.1) is 12.0 Å². The second kappa shape index (κ2) is 5.82. The normalized spacial score (nSPS) is 14.8. The van der Waals surface area contributed by atoms with Crippen molar-refractivity contribution in [3.63, 3.8) is 0 Å². The Kier molecular flexibility index (Phi) is 4.02. The SMILES string of the molecule is CN(C)CCN1C(=O)Cc2cc(Br)c3ccccc3c2C1=O. The molecule has 2 aromatic rings. The number of fused-ring (bicyclic) bond motifs is 3. The van der Waals surface area contributed by atoms with Crippen molar-refractivity contribution in [1.82, 2.24) is 9.80 Å². The highest BCUT2D eigenvalue weighted by Crippen LogP contribution is 2.33. The van der Waals surface area contributed by atoms with Crippen LogP contribution in [-0.4, -0.2) is 48.8 Å². The number of hydrogen-bond donors (Lipinski definition) is 0. The molecule has 0 aliphatic carbocycles. The van der Waals surface area contributed by atoms with Crippen LogP contribution >= 0.6 is 15.9 Å². The molecule has 0 fully saturated rings. The predicted octanol–water partition coefficient (Wildman–Crippen LogP) is 2.69. The molecule has 1 aliphatic heterocycles. The van der Waals surface area contributed by atoms with Gasteiger partial charge in [0.1, 0.15) is 0 Å². The summed E-state index contributed by atoms with van der Waals surface area (Å²) in [5, 5.41) is 1.90. The van der Waals surface area contributed by atoms with E-state index in [1.165, 1.54) is 4.90 Å². The second-order valence-electron chi connectivity index (χ2n) is 5.77. The Balaban J connectivity index is 2.11. The third kappa shape index (κ3) is 2.55. The smallest absolute Gasteiger partial charge is 0.261 e. The minimum absolute atomic E-state index is 0.124. The van der Waals surface area contributed by atoms with E-state index < -0.39 is 0 Å². The maximum absolute atomic E-state index is 12.8. The zero-order valence-electron chi connectivity index (χ0n) is 12.6. The van der Waals surface area contributed by atoms with Crippen molar-refractivity contribution < 1.29 is 9.59 Å². The van der Waals surface area contributed by atoms with Crippen molar-refractivity contribution in [2.75, 3.05) is 27.2 Å². The first kappa shape index (κ1) is 15.2. The summed E-state index contributed by atoms with van der Waals surface area (Å²) >= 11 is 3.54. The number of nitrogens with zero attached hydrogens (tertiary/aromatic N) is 2. The number of imide groups is 1. The summed E-state index contributed by atoms with van der Waals surface area (Å²) in [4.78, 5) is 28.5. The number of benzene rings is 2. The molecule has 0 spiro atoms. The third-order valence-electron chi connectivity index (χ3n) is 3.95. The summed E-state index contributed by atoms with van der Waals surface area (Å²) in [6, 6.07) is 9.69. The molecular weight excluding hydrogens is 344 g/mol. The molecule has 0 saturated carbocycles. The molecule has 0 aromatic heterocycles. The van der Waals surface area contributed by atoms with E-state index in [2.05, 4.69) is 15.9 Å². The fourth-order valence-corrected chi connectivity index (χ4v) is 3.43. The standard InChI is InChI=1S/C17H17BrN2O2/c1-19(2)7-8-20-15(21)10-11-9-14(18)12-5-3-4-6-13(12)16(11)17(20)22/h3-6,9H,7-8,10H2,1-2H3. The topological polar surface area (TPSA) is 40.6 Å². The molecule has 114 valence electrons. The van der Waals surface area contributed by atoms with E-state index in [1.807, 2.05) is 49.3 Å². The Morgan fingerprint density at radius 2 is 1.86 bits per heavy atom. The van der Waals surface area contributed by atoms with Crippen molar-refractivity contribution in [2.45, 2.75) is 6.42 Å². The van der Waals surface area contributed by atoms with E-state index in [4.69, 9.17) is 0 Å². The number of hydrogen-bond acceptors (Lipinski definition) is 3. The summed E-state index contributed by atoms with van der Waals surface area (Å²) in [6.45, 7) is 1.09. The van der Waals surface area contributed by atoms with Crippen LogP contribution in [0.25, 0.3) is 10.8 Å². The van der Waals surface area contributed by atoms with Gasteiger partial charge in [-0.25, -0.2) is 0 Å². The monoisotopic (exact) mass is 360 g/mol. The highest BCUT2D eigenvalue weighted by molar-refractivity contribution is 9.10. The van der Waals surface area contributed by atoms with E-state index in [9.17, 15) is 9.59 Å². The molecule has 0 atom stereocenters. The van der Waals surface area contributed by atoms with Gasteiger partial charge < -0.3 is 4.90 Å². The lowest BCUT2D eigenvalue weighted by atomic mass is 9.92. The van der Waals surface area contributed by atoms with Crippen molar-refractivity contribution in [3.05, 3.63) is 45.9 Å². The molecule has 0 unspecified atom stereocenters. The van der Waals surface area contributed by atoms with Crippen LogP contribution in [0.3, 0.4) is 0 Å². The number of carbonyl (C=O) groups is 2. The van der Waals surface area contributed by atoms with Gasteiger partial charge in [0.25, 0.3) is 5.91 Å². The first-order valence-electron chi connectivity index (χ1n) is 7.18. The summed E-state index contributed by atoms with van der Waals surface area (Å²) < 4.78 is 0.921. The van der Waals surface area contributed by atoms with Gasteiger partial charge in [0.15, 0.2) is 0 Å². The average Bonchev–Trinajstić information content (AvgIpc) is 2.46. The molecule has 1 heterocycles. The lowest BCUT2D eigenvalue weighted by molar-refractivity contribution is -0.128. The maximum atomic E-state index is 12.8. The fourth-order valence-electron chi connectivity index (χ4n) is 2.81. The zero-order chi connectivity index (χ0) is 15.9. The number of likely N-dealkylation sites (N-methyl/N-ethyl adjacent to an activating group) is 1. The van der Waals surface area contributed by atoms with E-state index >= 15 is 0 Å². The maximum Gasteiger partial charge on any atom is 0.261 e. The Morgan fingerprint density at radius 1 is 1.18 bits per heavy atom. The van der Waals surface area contributed by atoms with Gasteiger partial charge in [-0.05, 0) is 36.5 Å². The van der Waals surface area contributed by atoms with Gasteiger partial charge in [0.2, 0.25) is 5.91 Å². The molecule has 4 nitrogen and oxygen atoms in total. The summed E-state index contributed by atoms with van der Waals surface area (Å²) in [5.74, 6) is -0.307. The van der Waals surface area contributed by atoms with Crippen LogP contribution in [0.5, 0.6) is 0 Å². The van der Waals surface area contributed by atoms with Gasteiger partial charge >= 0.3 is 0 Å². The molecule has 0 radical (unpaired) electrons. The van der Waals surface area contributed by atoms with Gasteiger partial charge in [0, 0.05) is 17.6 Å². The van der Waals surface area contributed by atoms with Crippen LogP contribution in [0, 0.1) is 0 Å². The van der Waals surface area contributed by atoms with Crippen LogP contribution in [0.15, 0.2) is 34.8 Å². The van der Waals surface area contributed by atoms with Crippen molar-refractivity contribution >= 4 is 38.5 Å². The average molecular weight is 361 g/mol. The Morgan fingerprint density at radius 3 is 2.55 bits per heavy atom. The molecule has 0 N–H and O–H groups in total. The molecule has 22 heavy (non-hydrogen) atoms. The van der Waals surface area contributed by atoms with Crippen molar-refractivity contribution in [1.29, 1.82) is 0 Å². The largest absolute Gasteiger partial charge is 0.308 e. The van der Waals surface area contributed by atoms with E-state index in [0.717, 1.165) is 20.8 Å². The molecule has 0 bridgehead atoms.